The van der Waals surface area contributed by atoms with Crippen molar-refractivity contribution in [3.05, 3.63) is 53.5 Å². The largest absolute Gasteiger partial charge is 0.416 e. The molecule has 2 radical (unpaired) electrons. The van der Waals surface area contributed by atoms with Gasteiger partial charge >= 0.3 is 6.18 Å². The van der Waals surface area contributed by atoms with Gasteiger partial charge in [-0.3, -0.25) is 9.78 Å². The van der Waals surface area contributed by atoms with Crippen LogP contribution in [-0.4, -0.2) is 48.6 Å². The number of alkyl halides is 3. The predicted octanol–water partition coefficient (Wildman–Crippen LogP) is 2.80. The van der Waals surface area contributed by atoms with Crippen molar-refractivity contribution in [3.63, 3.8) is 0 Å². The average molecular weight is 419 g/mol. The molecular formula is C21H25BF3N3O2. The number of pyridine rings is 1. The van der Waals surface area contributed by atoms with Gasteiger partial charge in [0.25, 0.3) is 0 Å². The summed E-state index contributed by atoms with van der Waals surface area (Å²) in [6.45, 7) is 5.03. The Labute approximate surface area is 175 Å². The van der Waals surface area contributed by atoms with E-state index < -0.39 is 17.4 Å². The van der Waals surface area contributed by atoms with E-state index in [4.69, 9.17) is 7.85 Å². The fourth-order valence-corrected chi connectivity index (χ4v) is 2.73. The zero-order chi connectivity index (χ0) is 22.5. The Bertz CT molecular complexity index is 871. The third-order valence-corrected chi connectivity index (χ3v) is 4.28. The number of hydrogen-bond acceptors (Lipinski definition) is 5. The minimum atomic E-state index is -4.43. The Morgan fingerprint density at radius 1 is 1.30 bits per heavy atom. The highest BCUT2D eigenvalue weighted by atomic mass is 19.4. The first-order valence-corrected chi connectivity index (χ1v) is 9.51. The van der Waals surface area contributed by atoms with Crippen molar-refractivity contribution in [1.29, 1.82) is 0 Å². The molecular weight excluding hydrogens is 394 g/mol. The summed E-state index contributed by atoms with van der Waals surface area (Å²) >= 11 is 0. The second-order valence-electron chi connectivity index (χ2n) is 7.93. The molecule has 1 aliphatic carbocycles. The molecule has 0 aromatic carbocycles. The molecule has 1 unspecified atom stereocenters. The van der Waals surface area contributed by atoms with Crippen LogP contribution in [-0.2, 0) is 0 Å². The monoisotopic (exact) mass is 419 g/mol. The first kappa shape index (κ1) is 23.7. The fourth-order valence-electron chi connectivity index (χ4n) is 2.73. The van der Waals surface area contributed by atoms with Gasteiger partial charge in [0, 0.05) is 18.4 Å². The number of ketones is 1. The predicted molar refractivity (Wildman–Crippen MR) is 112 cm³/mol. The molecule has 30 heavy (non-hydrogen) atoms. The number of anilines is 1. The van der Waals surface area contributed by atoms with Crippen LogP contribution in [0.3, 0.4) is 0 Å². The third-order valence-electron chi connectivity index (χ3n) is 4.28. The van der Waals surface area contributed by atoms with Crippen LogP contribution in [0.4, 0.5) is 18.9 Å². The van der Waals surface area contributed by atoms with Crippen LogP contribution in [0.5, 0.6) is 0 Å². The van der Waals surface area contributed by atoms with Gasteiger partial charge in [0.05, 0.1) is 23.4 Å². The highest BCUT2D eigenvalue weighted by Crippen LogP contribution is 2.29. The van der Waals surface area contributed by atoms with Gasteiger partial charge in [-0.25, -0.2) is 0 Å². The van der Waals surface area contributed by atoms with Crippen LogP contribution in [0.25, 0.3) is 0 Å². The zero-order valence-corrected chi connectivity index (χ0v) is 17.2. The quantitative estimate of drug-likeness (QED) is 0.468. The lowest BCUT2D eigenvalue weighted by Crippen LogP contribution is -2.31. The molecule has 0 amide bonds. The van der Waals surface area contributed by atoms with Crippen LogP contribution in [0, 0.1) is 5.92 Å². The van der Waals surface area contributed by atoms with Gasteiger partial charge in [-0.1, -0.05) is 24.5 Å². The minimum Gasteiger partial charge on any atom is -0.389 e. The lowest BCUT2D eigenvalue weighted by Gasteiger charge is -2.20. The lowest BCUT2D eigenvalue weighted by molar-refractivity contribution is -0.0884. The second-order valence-corrected chi connectivity index (χ2v) is 7.93. The number of nitrogens with one attached hydrogen (secondary N) is 2. The van der Waals surface area contributed by atoms with Crippen molar-refractivity contribution in [1.82, 2.24) is 10.3 Å². The molecule has 5 nitrogen and oxygen atoms in total. The number of carbonyl (C=O) groups excluding carboxylic acids is 1. The average Bonchev–Trinajstić information content (AvgIpc) is 2.60. The highest BCUT2D eigenvalue weighted by Gasteiger charge is 2.31. The number of aromatic nitrogens is 1. The van der Waals surface area contributed by atoms with Crippen molar-refractivity contribution in [2.24, 2.45) is 5.92 Å². The van der Waals surface area contributed by atoms with E-state index in [2.05, 4.69) is 15.6 Å². The number of allylic oxidation sites excluding steroid dienone is 5. The zero-order valence-electron chi connectivity index (χ0n) is 17.2. The highest BCUT2D eigenvalue weighted by molar-refractivity contribution is 6.32. The number of aliphatic hydroxyl groups is 1. The Kier molecular flexibility index (Phi) is 7.52. The molecule has 0 bridgehead atoms. The van der Waals surface area contributed by atoms with Gasteiger partial charge in [-0.15, -0.1) is 0 Å². The lowest BCUT2D eigenvalue weighted by atomic mass is 9.97. The standard InChI is InChI=1S/C21H25BF3N3O2/c1-13-4-5-14(21(23,24)25)6-7-16(8-13)26-11-18(29)19-17(9-15(22)10-27-19)28-12-20(2,3)30/h5-10,13,26,28,30H,4,11-12H2,1-3H3. The normalized spacial score (nSPS) is 17.5. The molecule has 1 atom stereocenters. The molecule has 1 aromatic heterocycles. The summed E-state index contributed by atoms with van der Waals surface area (Å²) in [5.41, 5.74) is -0.457. The SMILES string of the molecule is [B]c1cnc(C(=O)CNC2=CC(C)CC=C(C(F)(F)F)C=C2)c(NCC(C)(C)O)c1. The number of carbonyl (C=O) groups is 1. The van der Waals surface area contributed by atoms with Gasteiger partial charge < -0.3 is 15.7 Å². The molecule has 1 heterocycles. The van der Waals surface area contributed by atoms with E-state index in [1.807, 2.05) is 0 Å². The van der Waals surface area contributed by atoms with Gasteiger partial charge in [0.15, 0.2) is 0 Å². The van der Waals surface area contributed by atoms with E-state index in [0.717, 1.165) is 6.08 Å². The van der Waals surface area contributed by atoms with E-state index in [-0.39, 0.29) is 36.9 Å². The van der Waals surface area contributed by atoms with Crippen LogP contribution >= 0.6 is 0 Å². The minimum absolute atomic E-state index is 0.125. The van der Waals surface area contributed by atoms with Crippen molar-refractivity contribution >= 4 is 24.8 Å². The first-order valence-electron chi connectivity index (χ1n) is 9.51. The van der Waals surface area contributed by atoms with E-state index in [9.17, 15) is 23.1 Å². The van der Waals surface area contributed by atoms with Gasteiger partial charge in [-0.05, 0) is 44.4 Å². The molecule has 1 aromatic rings. The van der Waals surface area contributed by atoms with Crippen LogP contribution < -0.4 is 16.1 Å². The topological polar surface area (TPSA) is 74.2 Å². The van der Waals surface area contributed by atoms with E-state index in [1.54, 1.807) is 32.9 Å². The van der Waals surface area contributed by atoms with Crippen molar-refractivity contribution < 1.29 is 23.1 Å². The second kappa shape index (κ2) is 9.51. The summed E-state index contributed by atoms with van der Waals surface area (Å²) in [7, 11) is 5.75. The van der Waals surface area contributed by atoms with Crippen molar-refractivity contribution in [2.75, 3.05) is 18.4 Å². The molecule has 3 N–H and O–H groups in total. The summed E-state index contributed by atoms with van der Waals surface area (Å²) in [5.74, 6) is -0.507. The summed E-state index contributed by atoms with van der Waals surface area (Å²) in [4.78, 5) is 16.8. The molecule has 160 valence electrons. The Balaban J connectivity index is 2.13. The molecule has 2 rings (SSSR count). The Morgan fingerprint density at radius 3 is 2.63 bits per heavy atom. The molecule has 0 saturated heterocycles. The van der Waals surface area contributed by atoms with Gasteiger partial charge in [-0.2, -0.15) is 13.2 Å². The number of Topliss-reactive ketones (excluding diaryl/α,β-unsaturated/α-hetero) is 1. The van der Waals surface area contributed by atoms with Gasteiger partial charge in [0.1, 0.15) is 13.5 Å². The summed E-state index contributed by atoms with van der Waals surface area (Å²) < 4.78 is 39.1. The summed E-state index contributed by atoms with van der Waals surface area (Å²) in [6.07, 6.45) is 2.40. The Hall–Kier alpha value is -2.55. The van der Waals surface area contributed by atoms with Crippen molar-refractivity contribution in [3.8, 4) is 0 Å². The maximum absolute atomic E-state index is 13.0. The molecule has 0 aliphatic heterocycles. The van der Waals surface area contributed by atoms with E-state index in [1.165, 1.54) is 18.3 Å². The first-order chi connectivity index (χ1) is 13.8. The van der Waals surface area contributed by atoms with Crippen LogP contribution in [0.2, 0.25) is 0 Å². The molecule has 9 heteroatoms. The third kappa shape index (κ3) is 7.37. The molecule has 0 saturated carbocycles. The number of hydrogen-bond donors (Lipinski definition) is 3. The smallest absolute Gasteiger partial charge is 0.389 e. The molecule has 0 spiro atoms. The van der Waals surface area contributed by atoms with Crippen molar-refractivity contribution in [2.45, 2.75) is 39.0 Å². The number of halogens is 3. The van der Waals surface area contributed by atoms with E-state index >= 15 is 0 Å². The Morgan fingerprint density at radius 2 is 2.00 bits per heavy atom. The summed E-state index contributed by atoms with van der Waals surface area (Å²) in [5, 5.41) is 15.7. The maximum atomic E-state index is 13.0. The maximum Gasteiger partial charge on any atom is 0.416 e. The molecule has 1 aliphatic rings. The molecule has 0 fully saturated rings. The van der Waals surface area contributed by atoms with Crippen LogP contribution in [0.15, 0.2) is 47.8 Å². The van der Waals surface area contributed by atoms with E-state index in [0.29, 0.717) is 16.8 Å². The van der Waals surface area contributed by atoms with Crippen LogP contribution in [0.1, 0.15) is 37.7 Å². The van der Waals surface area contributed by atoms with Gasteiger partial charge in [0.2, 0.25) is 5.78 Å². The fraction of sp³-hybridized carbons (Fsp3) is 0.429. The summed E-state index contributed by atoms with van der Waals surface area (Å²) in [6, 6.07) is 1.55. The number of nitrogens with zero attached hydrogens (tertiary/aromatic N) is 1. The number of rotatable bonds is 7.